The third-order valence-electron chi connectivity index (χ3n) is 2.69. The van der Waals surface area contributed by atoms with E-state index < -0.39 is 10.9 Å². The fourth-order valence-corrected chi connectivity index (χ4v) is 2.43. The molecule has 0 aromatic heterocycles. The molecular weight excluding hydrogens is 356 g/mol. The van der Waals surface area contributed by atoms with Gasteiger partial charge in [-0.25, -0.2) is 8.42 Å². The Morgan fingerprint density at radius 3 is 2.48 bits per heavy atom. The van der Waals surface area contributed by atoms with Gasteiger partial charge in [0.2, 0.25) is 10.9 Å². The molecule has 0 amide bonds. The van der Waals surface area contributed by atoms with Gasteiger partial charge in [0.1, 0.15) is 11.5 Å². The lowest BCUT2D eigenvalue weighted by atomic mass is 10.1. The van der Waals surface area contributed by atoms with Crippen molar-refractivity contribution in [3.05, 3.63) is 52.5 Å². The van der Waals surface area contributed by atoms with Crippen molar-refractivity contribution in [2.24, 2.45) is 0 Å². The zero-order chi connectivity index (χ0) is 15.2. The van der Waals surface area contributed by atoms with Crippen molar-refractivity contribution in [2.75, 3.05) is 11.8 Å². The number of benzene rings is 2. The molecule has 0 saturated carbocycles. The Labute approximate surface area is 133 Å². The molecule has 0 heterocycles. The molecule has 0 aliphatic carbocycles. The number of hydrogen-bond donors (Lipinski definition) is 3. The third-order valence-corrected chi connectivity index (χ3v) is 3.66. The highest BCUT2D eigenvalue weighted by Crippen LogP contribution is 2.28. The van der Waals surface area contributed by atoms with Crippen LogP contribution in [0.15, 0.2) is 46.9 Å². The summed E-state index contributed by atoms with van der Waals surface area (Å²) in [5.74, 6) is 1.39. The second-order valence-electron chi connectivity index (χ2n) is 4.28. The molecule has 0 aliphatic rings. The van der Waals surface area contributed by atoms with Crippen LogP contribution < -0.4 is 14.8 Å². The molecule has 7 heteroatoms. The van der Waals surface area contributed by atoms with Gasteiger partial charge in [-0.3, -0.25) is 4.72 Å². The van der Waals surface area contributed by atoms with Crippen molar-refractivity contribution in [2.45, 2.75) is 6.54 Å². The van der Waals surface area contributed by atoms with E-state index >= 15 is 0 Å². The summed E-state index contributed by atoms with van der Waals surface area (Å²) >= 11 is 3.37. The van der Waals surface area contributed by atoms with Crippen molar-refractivity contribution in [1.29, 1.82) is 0 Å². The van der Waals surface area contributed by atoms with Crippen LogP contribution in [0.4, 0.5) is 5.69 Å². The van der Waals surface area contributed by atoms with E-state index in [2.05, 4.69) is 26.0 Å². The van der Waals surface area contributed by atoms with Gasteiger partial charge >= 0.3 is 0 Å². The number of rotatable bonds is 6. The summed E-state index contributed by atoms with van der Waals surface area (Å²) < 4.78 is 30.6. The van der Waals surface area contributed by atoms with Crippen LogP contribution in [0.1, 0.15) is 5.56 Å². The first-order valence-corrected chi connectivity index (χ1v) is 8.17. The van der Waals surface area contributed by atoms with E-state index in [-0.39, 0.29) is 0 Å². The summed E-state index contributed by atoms with van der Waals surface area (Å²) in [6.45, 7) is 0.566. The first-order valence-electron chi connectivity index (χ1n) is 6.20. The van der Waals surface area contributed by atoms with E-state index in [1.807, 2.05) is 31.3 Å². The highest BCUT2D eigenvalue weighted by atomic mass is 79.9. The second-order valence-corrected chi connectivity index (χ2v) is 5.93. The summed E-state index contributed by atoms with van der Waals surface area (Å²) in [5, 5.41) is 3.03. The van der Waals surface area contributed by atoms with Crippen molar-refractivity contribution in [3.63, 3.8) is 0 Å². The minimum absolute atomic E-state index is 0.513. The van der Waals surface area contributed by atoms with E-state index in [4.69, 9.17) is 4.74 Å². The topological polar surface area (TPSA) is 67.4 Å². The summed E-state index contributed by atoms with van der Waals surface area (Å²) in [6.07, 6.45) is 0. The fraction of sp³-hybridized carbons (Fsp3) is 0.143. The summed E-state index contributed by atoms with van der Waals surface area (Å²) in [5.41, 5.74) is 1.38. The van der Waals surface area contributed by atoms with Crippen LogP contribution in [-0.2, 0) is 17.4 Å². The maximum Gasteiger partial charge on any atom is 0.222 e. The average Bonchev–Trinajstić information content (AvgIpc) is 2.44. The van der Waals surface area contributed by atoms with E-state index in [1.165, 1.54) is 0 Å². The van der Waals surface area contributed by atoms with Gasteiger partial charge in [0, 0.05) is 22.3 Å². The van der Waals surface area contributed by atoms with E-state index in [0.717, 1.165) is 10.0 Å². The van der Waals surface area contributed by atoms with E-state index in [0.29, 0.717) is 23.7 Å². The number of ether oxygens (including phenoxy) is 1. The van der Waals surface area contributed by atoms with Crippen LogP contribution in [0, 0.1) is 0 Å². The van der Waals surface area contributed by atoms with Crippen LogP contribution in [0.2, 0.25) is 0 Å². The van der Waals surface area contributed by atoms with Gasteiger partial charge in [0.15, 0.2) is 0 Å². The van der Waals surface area contributed by atoms with Crippen molar-refractivity contribution in [1.82, 2.24) is 5.32 Å². The fourth-order valence-electron chi connectivity index (χ4n) is 1.81. The molecule has 0 fully saturated rings. The van der Waals surface area contributed by atoms with E-state index in [1.54, 1.807) is 18.2 Å². The van der Waals surface area contributed by atoms with Gasteiger partial charge in [-0.05, 0) is 49.5 Å². The Balaban J connectivity index is 2.26. The Morgan fingerprint density at radius 2 is 1.86 bits per heavy atom. The Hall–Kier alpha value is -1.57. The number of hydrogen-bond acceptors (Lipinski definition) is 4. The minimum atomic E-state index is -2.68. The normalized spacial score (nSPS) is 10.6. The molecule has 0 atom stereocenters. The maximum atomic E-state index is 10.7. The second kappa shape index (κ2) is 7.44. The predicted octanol–water partition coefficient (Wildman–Crippen LogP) is 2.90. The molecule has 5 nitrogen and oxygen atoms in total. The molecule has 2 N–H and O–H groups in total. The third kappa shape index (κ3) is 4.73. The lowest BCUT2D eigenvalue weighted by molar-refractivity contribution is 0.474. The standard InChI is InChI=1S/C14H15BrN2O3S/c1-16-9-10-8-12(17-21(18)19)4-7-14(10)20-13-5-2-11(15)3-6-13/h2-8,16,21H,9H2,1H3,(H,17,18,19). The van der Waals surface area contributed by atoms with Crippen LogP contribution >= 0.6 is 15.9 Å². The van der Waals surface area contributed by atoms with Crippen LogP contribution in [-0.4, -0.2) is 15.5 Å². The molecule has 2 aromatic rings. The van der Waals surface area contributed by atoms with E-state index in [9.17, 15) is 8.42 Å². The molecule has 2 rings (SSSR count). The lowest BCUT2D eigenvalue weighted by Crippen LogP contribution is -2.07. The first-order chi connectivity index (χ1) is 10.1. The predicted molar refractivity (Wildman–Crippen MR) is 87.4 cm³/mol. The summed E-state index contributed by atoms with van der Waals surface area (Å²) in [6, 6.07) is 12.7. The molecule has 0 bridgehead atoms. The van der Waals surface area contributed by atoms with Gasteiger partial charge in [-0.15, -0.1) is 0 Å². The largest absolute Gasteiger partial charge is 0.457 e. The SMILES string of the molecule is CNCc1cc(N[SH](=O)=O)ccc1Oc1ccc(Br)cc1. The van der Waals surface area contributed by atoms with Gasteiger partial charge in [-0.2, -0.15) is 0 Å². The highest BCUT2D eigenvalue weighted by Gasteiger charge is 2.06. The quantitative estimate of drug-likeness (QED) is 0.684. The van der Waals surface area contributed by atoms with Gasteiger partial charge in [-0.1, -0.05) is 15.9 Å². The van der Waals surface area contributed by atoms with Gasteiger partial charge in [0.25, 0.3) is 0 Å². The molecular formula is C14H15BrN2O3S. The molecule has 112 valence electrons. The molecule has 0 unspecified atom stereocenters. The van der Waals surface area contributed by atoms with Crippen LogP contribution in [0.3, 0.4) is 0 Å². The number of anilines is 1. The van der Waals surface area contributed by atoms with Crippen molar-refractivity contribution < 1.29 is 13.2 Å². The van der Waals surface area contributed by atoms with Crippen LogP contribution in [0.25, 0.3) is 0 Å². The minimum Gasteiger partial charge on any atom is -0.457 e. The van der Waals surface area contributed by atoms with Gasteiger partial charge in [0.05, 0.1) is 0 Å². The Kier molecular flexibility index (Phi) is 5.60. The Bertz CT molecular complexity index is 679. The molecule has 0 spiro atoms. The van der Waals surface area contributed by atoms with Crippen molar-refractivity contribution in [3.8, 4) is 11.5 Å². The molecule has 2 aromatic carbocycles. The molecule has 0 aliphatic heterocycles. The molecule has 0 saturated heterocycles. The maximum absolute atomic E-state index is 10.7. The molecule has 21 heavy (non-hydrogen) atoms. The highest BCUT2D eigenvalue weighted by molar-refractivity contribution is 9.10. The zero-order valence-electron chi connectivity index (χ0n) is 11.3. The zero-order valence-corrected chi connectivity index (χ0v) is 13.8. The smallest absolute Gasteiger partial charge is 0.222 e. The van der Waals surface area contributed by atoms with Gasteiger partial charge < -0.3 is 10.1 Å². The number of nitrogens with one attached hydrogen (secondary N) is 2. The summed E-state index contributed by atoms with van der Waals surface area (Å²) in [7, 11) is -0.859. The lowest BCUT2D eigenvalue weighted by Gasteiger charge is -2.12. The average molecular weight is 371 g/mol. The van der Waals surface area contributed by atoms with Crippen LogP contribution in [0.5, 0.6) is 11.5 Å². The Morgan fingerprint density at radius 1 is 1.14 bits per heavy atom. The monoisotopic (exact) mass is 370 g/mol. The van der Waals surface area contributed by atoms with Crippen molar-refractivity contribution >= 4 is 32.5 Å². The number of thiol groups is 1. The molecule has 0 radical (unpaired) electrons. The number of halogens is 1. The summed E-state index contributed by atoms with van der Waals surface area (Å²) in [4.78, 5) is 0. The first kappa shape index (κ1) is 15.8.